The molecule has 0 fully saturated rings. The van der Waals surface area contributed by atoms with E-state index in [9.17, 15) is 0 Å². The second kappa shape index (κ2) is 11.9. The molecular weight excluding hydrogens is 492 g/mol. The van der Waals surface area contributed by atoms with Gasteiger partial charge in [0.25, 0.3) is 0 Å². The van der Waals surface area contributed by atoms with Crippen LogP contribution in [0.25, 0.3) is 10.8 Å². The molecule has 1 unspecified atom stereocenters. The number of aromatic nitrogens is 1. The van der Waals surface area contributed by atoms with Crippen molar-refractivity contribution in [2.75, 3.05) is 18.0 Å². The highest BCUT2D eigenvalue weighted by molar-refractivity contribution is 6.30. The molecule has 0 aliphatic rings. The van der Waals surface area contributed by atoms with Crippen molar-refractivity contribution in [1.82, 2.24) is 10.3 Å². The normalized spacial score (nSPS) is 12.2. The molecule has 5 N–H and O–H groups in total. The summed E-state index contributed by atoms with van der Waals surface area (Å²) in [4.78, 5) is 4.27. The van der Waals surface area contributed by atoms with Crippen LogP contribution in [0.1, 0.15) is 29.0 Å². The molecule has 6 nitrogen and oxygen atoms in total. The van der Waals surface area contributed by atoms with Crippen LogP contribution < -0.4 is 16.8 Å². The van der Waals surface area contributed by atoms with E-state index in [1.54, 1.807) is 24.3 Å². The minimum atomic E-state index is -0.0111. The van der Waals surface area contributed by atoms with Crippen LogP contribution in [-0.2, 0) is 6.54 Å². The Kier molecular flexibility index (Phi) is 7.92. The van der Waals surface area contributed by atoms with Crippen LogP contribution in [-0.4, -0.2) is 11.5 Å². The quantitative estimate of drug-likeness (QED) is 0.136. The third-order valence-corrected chi connectivity index (χ3v) is 6.80. The smallest absolute Gasteiger partial charge is 0.154 e. The average Bonchev–Trinajstić information content (AvgIpc) is 2.94. The van der Waals surface area contributed by atoms with Crippen molar-refractivity contribution in [2.24, 2.45) is 10.2 Å². The minimum Gasteiger partial charge on any atom is -0.384 e. The minimum absolute atomic E-state index is 0.0111. The van der Waals surface area contributed by atoms with E-state index in [4.69, 9.17) is 23.1 Å². The Morgan fingerprint density at radius 1 is 0.816 bits per heavy atom. The van der Waals surface area contributed by atoms with Crippen LogP contribution in [0, 0.1) is 0 Å². The number of pyridine rings is 1. The third-order valence-electron chi connectivity index (χ3n) is 6.54. The first-order valence-corrected chi connectivity index (χ1v) is 12.9. The summed E-state index contributed by atoms with van der Waals surface area (Å²) in [7, 11) is 0. The molecule has 38 heavy (non-hydrogen) atoms. The zero-order chi connectivity index (χ0) is 26.3. The van der Waals surface area contributed by atoms with E-state index in [-0.39, 0.29) is 11.7 Å². The number of rotatable bonds is 9. The summed E-state index contributed by atoms with van der Waals surface area (Å²) >= 11 is 6.01. The zero-order valence-electron chi connectivity index (χ0n) is 20.9. The molecule has 5 rings (SSSR count). The third kappa shape index (κ3) is 5.99. The predicted octanol–water partition coefficient (Wildman–Crippen LogP) is 7.78. The largest absolute Gasteiger partial charge is 0.384 e. The summed E-state index contributed by atoms with van der Waals surface area (Å²) < 4.78 is 0. The number of fused-ring (bicyclic) bond motifs is 1. The average molecular weight is 521 g/mol. The van der Waals surface area contributed by atoms with Gasteiger partial charge in [-0.1, -0.05) is 84.4 Å². The topological polar surface area (TPSA) is 102 Å². The van der Waals surface area contributed by atoms with Gasteiger partial charge < -0.3 is 16.8 Å². The monoisotopic (exact) mass is 520 g/mol. The number of hydrogen-bond acceptors (Lipinski definition) is 6. The van der Waals surface area contributed by atoms with E-state index >= 15 is 0 Å². The molecular formula is C31H29ClN6. The van der Waals surface area contributed by atoms with Crippen LogP contribution >= 0.6 is 11.6 Å². The number of hydrogen-bond donors (Lipinski definition) is 3. The number of azo groups is 1. The molecule has 0 spiro atoms. The fraction of sp³-hybridized carbons (Fsp3) is 0.129. The van der Waals surface area contributed by atoms with E-state index in [1.165, 1.54) is 16.3 Å². The first kappa shape index (κ1) is 25.4. The van der Waals surface area contributed by atoms with E-state index in [0.717, 1.165) is 30.6 Å². The number of nitrogen functional groups attached to an aromatic ring is 2. The van der Waals surface area contributed by atoms with Gasteiger partial charge in [0, 0.05) is 17.5 Å². The molecule has 5 aromatic rings. The summed E-state index contributed by atoms with van der Waals surface area (Å²) in [5.41, 5.74) is 17.0. The second-order valence-electron chi connectivity index (χ2n) is 9.11. The summed E-state index contributed by atoms with van der Waals surface area (Å²) in [6, 6.07) is 34.2. The summed E-state index contributed by atoms with van der Waals surface area (Å²) in [6.45, 7) is 1.55. The highest BCUT2D eigenvalue weighted by Crippen LogP contribution is 2.39. The van der Waals surface area contributed by atoms with E-state index in [2.05, 4.69) is 75.1 Å². The number of anilines is 2. The molecule has 0 saturated carbocycles. The highest BCUT2D eigenvalue weighted by atomic mass is 35.5. The van der Waals surface area contributed by atoms with E-state index in [0.29, 0.717) is 22.2 Å². The molecule has 0 radical (unpaired) electrons. The van der Waals surface area contributed by atoms with Crippen LogP contribution in [0.5, 0.6) is 0 Å². The molecule has 0 aliphatic carbocycles. The van der Waals surface area contributed by atoms with Crippen LogP contribution in [0.15, 0.2) is 113 Å². The fourth-order valence-corrected chi connectivity index (χ4v) is 4.82. The Bertz CT molecular complexity index is 1550. The zero-order valence-corrected chi connectivity index (χ0v) is 21.6. The lowest BCUT2D eigenvalue weighted by Gasteiger charge is -2.21. The Hall–Kier alpha value is -4.26. The lowest BCUT2D eigenvalue weighted by molar-refractivity contribution is 0.613. The lowest BCUT2D eigenvalue weighted by Crippen LogP contribution is -2.18. The van der Waals surface area contributed by atoms with Crippen LogP contribution in [0.4, 0.5) is 23.0 Å². The SMILES string of the molecule is Nc1cc(C(CCNCc2cccc3ccccc23)c2ccccc2)c(/N=N/c2ccc(Cl)cc2)c(N)n1. The highest BCUT2D eigenvalue weighted by Gasteiger charge is 2.21. The predicted molar refractivity (Wildman–Crippen MR) is 157 cm³/mol. The van der Waals surface area contributed by atoms with Gasteiger partial charge in [0.1, 0.15) is 11.5 Å². The van der Waals surface area contributed by atoms with Gasteiger partial charge in [0.05, 0.1) is 5.69 Å². The molecule has 190 valence electrons. The Morgan fingerprint density at radius 3 is 2.37 bits per heavy atom. The van der Waals surface area contributed by atoms with Gasteiger partial charge in [-0.15, -0.1) is 5.11 Å². The fourth-order valence-electron chi connectivity index (χ4n) is 4.69. The number of nitrogens with zero attached hydrogens (tertiary/aromatic N) is 3. The molecule has 1 aromatic heterocycles. The molecule has 0 saturated heterocycles. The molecule has 0 aliphatic heterocycles. The maximum Gasteiger partial charge on any atom is 0.154 e. The van der Waals surface area contributed by atoms with Crippen molar-refractivity contribution in [2.45, 2.75) is 18.9 Å². The van der Waals surface area contributed by atoms with E-state index in [1.807, 2.05) is 24.3 Å². The van der Waals surface area contributed by atoms with Gasteiger partial charge in [-0.2, -0.15) is 5.11 Å². The summed E-state index contributed by atoms with van der Waals surface area (Å²) in [5, 5.41) is 15.7. The summed E-state index contributed by atoms with van der Waals surface area (Å²) in [5.74, 6) is 0.595. The van der Waals surface area contributed by atoms with Crippen molar-refractivity contribution in [3.05, 3.63) is 125 Å². The van der Waals surface area contributed by atoms with Crippen molar-refractivity contribution in [3.63, 3.8) is 0 Å². The molecule has 0 amide bonds. The van der Waals surface area contributed by atoms with Gasteiger partial charge in [0.15, 0.2) is 5.82 Å². The number of nitrogens with one attached hydrogen (secondary N) is 1. The molecule has 1 heterocycles. The van der Waals surface area contributed by atoms with Gasteiger partial charge in [-0.3, -0.25) is 0 Å². The van der Waals surface area contributed by atoms with E-state index < -0.39 is 0 Å². The lowest BCUT2D eigenvalue weighted by atomic mass is 9.87. The maximum absolute atomic E-state index is 6.33. The number of benzene rings is 4. The number of halogens is 1. The first-order chi connectivity index (χ1) is 18.6. The Balaban J connectivity index is 1.41. The molecule has 0 bridgehead atoms. The Morgan fingerprint density at radius 2 is 1.55 bits per heavy atom. The molecule has 4 aromatic carbocycles. The summed E-state index contributed by atoms with van der Waals surface area (Å²) in [6.07, 6.45) is 0.807. The Labute approximate surface area is 227 Å². The first-order valence-electron chi connectivity index (χ1n) is 12.5. The second-order valence-corrected chi connectivity index (χ2v) is 9.55. The van der Waals surface area contributed by atoms with Gasteiger partial charge >= 0.3 is 0 Å². The van der Waals surface area contributed by atoms with Gasteiger partial charge in [-0.25, -0.2) is 4.98 Å². The standard InChI is InChI=1S/C31H29ClN6/c32-24-13-15-25(16-14-24)37-38-30-28(19-29(33)36-31(30)34)27(22-7-2-1-3-8-22)17-18-35-20-23-11-6-10-21-9-4-5-12-26(21)23/h1-16,19,27,35H,17-18,20H2,(H4,33,34,36)/b38-37+. The molecule has 7 heteroatoms. The van der Waals surface area contributed by atoms with Crippen LogP contribution in [0.2, 0.25) is 5.02 Å². The maximum atomic E-state index is 6.33. The van der Waals surface area contributed by atoms with Crippen molar-refractivity contribution >= 4 is 45.4 Å². The van der Waals surface area contributed by atoms with Crippen molar-refractivity contribution < 1.29 is 0 Å². The molecule has 1 atom stereocenters. The van der Waals surface area contributed by atoms with Gasteiger partial charge in [-0.05, 0) is 70.8 Å². The van der Waals surface area contributed by atoms with Crippen molar-refractivity contribution in [3.8, 4) is 0 Å². The number of nitrogens with two attached hydrogens (primary N) is 2. The van der Waals surface area contributed by atoms with Crippen LogP contribution in [0.3, 0.4) is 0 Å². The van der Waals surface area contributed by atoms with Crippen molar-refractivity contribution in [1.29, 1.82) is 0 Å². The van der Waals surface area contributed by atoms with Gasteiger partial charge in [0.2, 0.25) is 0 Å².